The molecule has 86 valence electrons. The van der Waals surface area contributed by atoms with Gasteiger partial charge in [-0.1, -0.05) is 13.8 Å². The van der Waals surface area contributed by atoms with Crippen molar-refractivity contribution in [1.82, 2.24) is 14.3 Å². The van der Waals surface area contributed by atoms with Gasteiger partial charge in [0.05, 0.1) is 0 Å². The summed E-state index contributed by atoms with van der Waals surface area (Å²) in [5.74, 6) is 0. The molecular weight excluding hydrogens is 202 g/mol. The zero-order chi connectivity index (χ0) is 11.2. The maximum Gasteiger partial charge on any atom is 0.278 e. The van der Waals surface area contributed by atoms with Gasteiger partial charge in [0.1, 0.15) is 0 Å². The number of nitrogens with one attached hydrogen (secondary N) is 2. The summed E-state index contributed by atoms with van der Waals surface area (Å²) in [6.45, 7) is 5.49. The molecule has 0 unspecified atom stereocenters. The molecule has 0 atom stereocenters. The standard InChI is InChI=1S/C8H21N3O2S/c1-8(2)10-6-5-7-11(4)14(12,13)9-3/h8-10H,5-7H2,1-4H3. The van der Waals surface area contributed by atoms with Crippen molar-refractivity contribution in [2.24, 2.45) is 0 Å². The molecule has 0 radical (unpaired) electrons. The summed E-state index contributed by atoms with van der Waals surface area (Å²) in [7, 11) is -0.258. The lowest BCUT2D eigenvalue weighted by Gasteiger charge is -2.16. The monoisotopic (exact) mass is 223 g/mol. The van der Waals surface area contributed by atoms with E-state index >= 15 is 0 Å². The molecule has 14 heavy (non-hydrogen) atoms. The van der Waals surface area contributed by atoms with E-state index < -0.39 is 10.2 Å². The molecule has 0 spiro atoms. The fourth-order valence-corrected chi connectivity index (χ4v) is 1.65. The SMILES string of the molecule is CNS(=O)(=O)N(C)CCCNC(C)C. The molecule has 0 amide bonds. The molecule has 0 saturated carbocycles. The molecule has 2 N–H and O–H groups in total. The van der Waals surface area contributed by atoms with E-state index in [9.17, 15) is 8.42 Å². The number of rotatable bonds is 7. The summed E-state index contributed by atoms with van der Waals surface area (Å²) in [6.07, 6.45) is 0.815. The van der Waals surface area contributed by atoms with Gasteiger partial charge in [-0.3, -0.25) is 0 Å². The second-order valence-electron chi connectivity index (χ2n) is 3.49. The van der Waals surface area contributed by atoms with Gasteiger partial charge in [0.25, 0.3) is 10.2 Å². The quantitative estimate of drug-likeness (QED) is 0.586. The largest absolute Gasteiger partial charge is 0.314 e. The van der Waals surface area contributed by atoms with Crippen molar-refractivity contribution in [2.45, 2.75) is 26.3 Å². The van der Waals surface area contributed by atoms with Crippen molar-refractivity contribution in [3.05, 3.63) is 0 Å². The van der Waals surface area contributed by atoms with Crippen LogP contribution in [0.4, 0.5) is 0 Å². The van der Waals surface area contributed by atoms with Crippen LogP contribution in [0.1, 0.15) is 20.3 Å². The van der Waals surface area contributed by atoms with Gasteiger partial charge in [-0.2, -0.15) is 12.7 Å². The Hall–Kier alpha value is -0.170. The van der Waals surface area contributed by atoms with Crippen LogP contribution in [0.2, 0.25) is 0 Å². The predicted octanol–water partition coefficient (Wildman–Crippen LogP) is -0.229. The predicted molar refractivity (Wildman–Crippen MR) is 58.4 cm³/mol. The summed E-state index contributed by atoms with van der Waals surface area (Å²) in [6, 6.07) is 0.446. The molecule has 0 aromatic carbocycles. The Labute approximate surface area is 87.0 Å². The smallest absolute Gasteiger partial charge is 0.278 e. The first-order valence-corrected chi connectivity index (χ1v) is 6.22. The van der Waals surface area contributed by atoms with Crippen molar-refractivity contribution in [3.8, 4) is 0 Å². The fraction of sp³-hybridized carbons (Fsp3) is 1.00. The molecule has 5 nitrogen and oxygen atoms in total. The maximum atomic E-state index is 11.2. The van der Waals surface area contributed by atoms with Crippen molar-refractivity contribution in [2.75, 3.05) is 27.2 Å². The van der Waals surface area contributed by atoms with E-state index in [4.69, 9.17) is 0 Å². The first-order chi connectivity index (χ1) is 6.40. The molecule has 0 rings (SSSR count). The van der Waals surface area contributed by atoms with Gasteiger partial charge < -0.3 is 5.32 Å². The van der Waals surface area contributed by atoms with Gasteiger partial charge in [0, 0.05) is 26.7 Å². The average molecular weight is 223 g/mol. The second kappa shape index (κ2) is 6.34. The molecular formula is C8H21N3O2S. The Balaban J connectivity index is 3.70. The van der Waals surface area contributed by atoms with Gasteiger partial charge in [-0.15, -0.1) is 0 Å². The van der Waals surface area contributed by atoms with Gasteiger partial charge in [-0.25, -0.2) is 4.72 Å². The summed E-state index contributed by atoms with van der Waals surface area (Å²) < 4.78 is 26.0. The summed E-state index contributed by atoms with van der Waals surface area (Å²) in [4.78, 5) is 0. The van der Waals surface area contributed by atoms with Crippen molar-refractivity contribution in [3.63, 3.8) is 0 Å². The normalized spacial score (nSPS) is 12.7. The minimum Gasteiger partial charge on any atom is -0.314 e. The van der Waals surface area contributed by atoms with Crippen LogP contribution >= 0.6 is 0 Å². The lowest BCUT2D eigenvalue weighted by atomic mass is 10.3. The molecule has 0 fully saturated rings. The van der Waals surface area contributed by atoms with E-state index in [0.29, 0.717) is 12.6 Å². The van der Waals surface area contributed by atoms with Crippen LogP contribution in [0.15, 0.2) is 0 Å². The molecule has 0 saturated heterocycles. The Kier molecular flexibility index (Phi) is 6.26. The molecule has 0 aliphatic heterocycles. The highest BCUT2D eigenvalue weighted by atomic mass is 32.2. The van der Waals surface area contributed by atoms with Gasteiger partial charge in [0.15, 0.2) is 0 Å². The zero-order valence-corrected chi connectivity index (χ0v) is 10.2. The van der Waals surface area contributed by atoms with E-state index in [1.807, 2.05) is 0 Å². The Morgan fingerprint density at radius 1 is 1.36 bits per heavy atom. The molecule has 0 aromatic heterocycles. The molecule has 0 bridgehead atoms. The van der Waals surface area contributed by atoms with E-state index in [1.54, 1.807) is 7.05 Å². The van der Waals surface area contributed by atoms with Crippen LogP contribution in [0.3, 0.4) is 0 Å². The third kappa shape index (κ3) is 5.54. The zero-order valence-electron chi connectivity index (χ0n) is 9.37. The number of hydrogen-bond acceptors (Lipinski definition) is 3. The highest BCUT2D eigenvalue weighted by Gasteiger charge is 2.13. The van der Waals surface area contributed by atoms with E-state index in [-0.39, 0.29) is 0 Å². The van der Waals surface area contributed by atoms with Crippen molar-refractivity contribution in [1.29, 1.82) is 0 Å². The third-order valence-corrected chi connectivity index (χ3v) is 3.39. The Morgan fingerprint density at radius 2 is 1.93 bits per heavy atom. The summed E-state index contributed by atoms with van der Waals surface area (Å²) in [5, 5.41) is 3.23. The minimum atomic E-state index is -3.24. The van der Waals surface area contributed by atoms with Crippen LogP contribution < -0.4 is 10.0 Å². The highest BCUT2D eigenvalue weighted by Crippen LogP contribution is 1.94. The molecule has 0 aliphatic rings. The highest BCUT2D eigenvalue weighted by molar-refractivity contribution is 7.87. The van der Waals surface area contributed by atoms with E-state index in [2.05, 4.69) is 23.9 Å². The molecule has 6 heteroatoms. The fourth-order valence-electron chi connectivity index (χ4n) is 0.968. The van der Waals surface area contributed by atoms with Crippen LogP contribution in [-0.2, 0) is 10.2 Å². The number of nitrogens with zero attached hydrogens (tertiary/aromatic N) is 1. The molecule has 0 heterocycles. The van der Waals surface area contributed by atoms with Crippen molar-refractivity contribution < 1.29 is 8.42 Å². The lowest BCUT2D eigenvalue weighted by molar-refractivity contribution is 0.442. The van der Waals surface area contributed by atoms with Gasteiger partial charge in [0.2, 0.25) is 0 Å². The van der Waals surface area contributed by atoms with Gasteiger partial charge >= 0.3 is 0 Å². The summed E-state index contributed by atoms with van der Waals surface area (Å²) >= 11 is 0. The first kappa shape index (κ1) is 13.8. The first-order valence-electron chi connectivity index (χ1n) is 4.78. The Bertz CT molecular complexity index is 239. The topological polar surface area (TPSA) is 61.4 Å². The molecule has 0 aliphatic carbocycles. The van der Waals surface area contributed by atoms with Crippen LogP contribution in [0.5, 0.6) is 0 Å². The van der Waals surface area contributed by atoms with Crippen molar-refractivity contribution >= 4 is 10.2 Å². The lowest BCUT2D eigenvalue weighted by Crippen LogP contribution is -2.37. The van der Waals surface area contributed by atoms with Crippen LogP contribution in [-0.4, -0.2) is 45.9 Å². The van der Waals surface area contributed by atoms with Crippen LogP contribution in [0.25, 0.3) is 0 Å². The third-order valence-electron chi connectivity index (χ3n) is 1.87. The van der Waals surface area contributed by atoms with E-state index in [0.717, 1.165) is 13.0 Å². The average Bonchev–Trinajstić information content (AvgIpc) is 2.11. The second-order valence-corrected chi connectivity index (χ2v) is 5.47. The minimum absolute atomic E-state index is 0.446. The number of hydrogen-bond donors (Lipinski definition) is 2. The Morgan fingerprint density at radius 3 is 2.36 bits per heavy atom. The maximum absolute atomic E-state index is 11.2. The van der Waals surface area contributed by atoms with E-state index in [1.165, 1.54) is 11.4 Å². The summed E-state index contributed by atoms with van der Waals surface area (Å²) in [5.41, 5.74) is 0. The van der Waals surface area contributed by atoms with Crippen LogP contribution in [0, 0.1) is 0 Å². The molecule has 0 aromatic rings. The van der Waals surface area contributed by atoms with Gasteiger partial charge in [-0.05, 0) is 13.0 Å².